The van der Waals surface area contributed by atoms with Crippen LogP contribution >= 0.6 is 12.2 Å². The van der Waals surface area contributed by atoms with Gasteiger partial charge in [-0.3, -0.25) is 0 Å². The molecule has 0 amide bonds. The third-order valence-corrected chi connectivity index (χ3v) is 5.04. The highest BCUT2D eigenvalue weighted by molar-refractivity contribution is 7.71. The molecule has 1 aromatic heterocycles. The smallest absolute Gasteiger partial charge is 0.178 e. The van der Waals surface area contributed by atoms with Crippen LogP contribution in [0.3, 0.4) is 0 Å². The number of nitrogens with zero attached hydrogens (tertiary/aromatic N) is 1. The maximum Gasteiger partial charge on any atom is 0.178 e. The summed E-state index contributed by atoms with van der Waals surface area (Å²) in [6.07, 6.45) is 1.27. The Morgan fingerprint density at radius 2 is 2.19 bits per heavy atom. The predicted octanol–water partition coefficient (Wildman–Crippen LogP) is 4.08. The Bertz CT molecular complexity index is 717. The average molecular weight is 306 g/mol. The lowest BCUT2D eigenvalue weighted by Crippen LogP contribution is -2.51. The lowest BCUT2D eigenvalue weighted by atomic mass is 9.64. The van der Waals surface area contributed by atoms with Crippen molar-refractivity contribution in [3.05, 3.63) is 23.0 Å². The number of H-pyrrole nitrogens is 1. The monoisotopic (exact) mass is 306 g/mol. The van der Waals surface area contributed by atoms with Gasteiger partial charge in [0.2, 0.25) is 0 Å². The van der Waals surface area contributed by atoms with E-state index in [1.165, 1.54) is 0 Å². The summed E-state index contributed by atoms with van der Waals surface area (Å²) in [5, 5.41) is 0. The summed E-state index contributed by atoms with van der Waals surface area (Å²) in [6.45, 7) is 7.11. The minimum absolute atomic E-state index is 0.0731. The van der Waals surface area contributed by atoms with Gasteiger partial charge in [0.05, 0.1) is 18.2 Å². The zero-order valence-electron chi connectivity index (χ0n) is 13.0. The largest absolute Gasteiger partial charge is 0.492 e. The first-order valence-corrected chi connectivity index (χ1v) is 7.80. The molecule has 4 nitrogen and oxygen atoms in total. The number of fused-ring (bicyclic) bond motifs is 1. The second-order valence-corrected chi connectivity index (χ2v) is 6.57. The number of aromatic amines is 1. The van der Waals surface area contributed by atoms with Gasteiger partial charge in [-0.2, -0.15) is 0 Å². The molecule has 2 atom stereocenters. The molecule has 114 valence electrons. The van der Waals surface area contributed by atoms with Crippen LogP contribution in [0, 0.1) is 10.2 Å². The molecule has 1 aliphatic rings. The highest BCUT2D eigenvalue weighted by atomic mass is 32.1. The Morgan fingerprint density at radius 1 is 1.43 bits per heavy atom. The van der Waals surface area contributed by atoms with Gasteiger partial charge in [0.15, 0.2) is 4.77 Å². The molecule has 3 rings (SSSR count). The van der Waals surface area contributed by atoms with Crippen LogP contribution in [0.2, 0.25) is 0 Å². The van der Waals surface area contributed by atoms with E-state index in [2.05, 4.69) is 29.5 Å². The van der Waals surface area contributed by atoms with Crippen LogP contribution in [-0.2, 0) is 4.74 Å². The summed E-state index contributed by atoms with van der Waals surface area (Å²) in [5.41, 5.74) is 2.17. The number of rotatable bonds is 4. The van der Waals surface area contributed by atoms with Crippen LogP contribution in [-0.4, -0.2) is 29.4 Å². The van der Waals surface area contributed by atoms with Crippen LogP contribution in [0.15, 0.2) is 18.2 Å². The zero-order valence-corrected chi connectivity index (χ0v) is 13.8. The number of methoxy groups -OCH3 is 1. The maximum absolute atomic E-state index is 5.70. The van der Waals surface area contributed by atoms with Crippen LogP contribution in [0.4, 0.5) is 0 Å². The average Bonchev–Trinajstić information content (AvgIpc) is 2.76. The molecule has 21 heavy (non-hydrogen) atoms. The number of benzene rings is 1. The van der Waals surface area contributed by atoms with Gasteiger partial charge in [-0.05, 0) is 37.7 Å². The van der Waals surface area contributed by atoms with Gasteiger partial charge in [-0.15, -0.1) is 0 Å². The summed E-state index contributed by atoms with van der Waals surface area (Å²) in [5.74, 6) is 0.861. The topological polar surface area (TPSA) is 39.2 Å². The molecule has 1 saturated carbocycles. The molecule has 1 fully saturated rings. The van der Waals surface area contributed by atoms with E-state index in [9.17, 15) is 0 Å². The van der Waals surface area contributed by atoms with E-state index in [-0.39, 0.29) is 11.5 Å². The molecule has 2 unspecified atom stereocenters. The minimum Gasteiger partial charge on any atom is -0.492 e. The van der Waals surface area contributed by atoms with Crippen LogP contribution < -0.4 is 4.74 Å². The van der Waals surface area contributed by atoms with Crippen molar-refractivity contribution in [1.29, 1.82) is 0 Å². The summed E-state index contributed by atoms with van der Waals surface area (Å²) in [4.78, 5) is 3.31. The first kappa shape index (κ1) is 14.6. The highest BCUT2D eigenvalue weighted by Gasteiger charge is 2.50. The molecule has 0 aliphatic heterocycles. The van der Waals surface area contributed by atoms with E-state index in [1.807, 2.05) is 19.1 Å². The molecule has 0 spiro atoms. The van der Waals surface area contributed by atoms with Gasteiger partial charge >= 0.3 is 0 Å². The van der Waals surface area contributed by atoms with Crippen molar-refractivity contribution in [3.8, 4) is 5.75 Å². The second kappa shape index (κ2) is 5.14. The standard InChI is InChI=1S/C16H22N2O2S/c1-5-20-11-8-6-7-10-14(11)17-15(21)18(10)12-9-13(19-4)16(12,2)3/h6-8,12-13H,5,9H2,1-4H3,(H,17,21). The van der Waals surface area contributed by atoms with Crippen molar-refractivity contribution in [2.45, 2.75) is 39.3 Å². The molecule has 0 radical (unpaired) electrons. The normalized spacial score (nSPS) is 24.0. The van der Waals surface area contributed by atoms with Crippen molar-refractivity contribution >= 4 is 23.3 Å². The van der Waals surface area contributed by atoms with Crippen LogP contribution in [0.5, 0.6) is 5.75 Å². The summed E-state index contributed by atoms with van der Waals surface area (Å²) in [7, 11) is 1.78. The Balaban J connectivity index is 2.11. The van der Waals surface area contributed by atoms with Gasteiger partial charge in [0.1, 0.15) is 11.3 Å². The number of imidazole rings is 1. The first-order chi connectivity index (χ1) is 10.0. The SMILES string of the molecule is CCOc1cccc2c1[nH]c(=S)n2C1CC(OC)C1(C)C. The van der Waals surface area contributed by atoms with Gasteiger partial charge in [-0.1, -0.05) is 19.9 Å². The number of aromatic nitrogens is 2. The van der Waals surface area contributed by atoms with Crippen molar-refractivity contribution in [2.24, 2.45) is 5.41 Å². The number of para-hydroxylation sites is 1. The molecule has 1 aromatic carbocycles. The Morgan fingerprint density at radius 3 is 2.81 bits per heavy atom. The molecular weight excluding hydrogens is 284 g/mol. The number of nitrogens with one attached hydrogen (secondary N) is 1. The van der Waals surface area contributed by atoms with Crippen molar-refractivity contribution < 1.29 is 9.47 Å². The first-order valence-electron chi connectivity index (χ1n) is 7.39. The van der Waals surface area contributed by atoms with E-state index in [4.69, 9.17) is 21.7 Å². The summed E-state index contributed by atoms with van der Waals surface area (Å²) >= 11 is 5.56. The lowest BCUT2D eigenvalue weighted by molar-refractivity contribution is -0.111. The Hall–Kier alpha value is -1.33. The highest BCUT2D eigenvalue weighted by Crippen LogP contribution is 2.52. The van der Waals surface area contributed by atoms with E-state index >= 15 is 0 Å². The van der Waals surface area contributed by atoms with Gasteiger partial charge < -0.3 is 19.0 Å². The van der Waals surface area contributed by atoms with E-state index in [0.717, 1.165) is 28.0 Å². The third-order valence-electron chi connectivity index (χ3n) is 4.74. The molecular formula is C16H22N2O2S. The Labute approximate surface area is 130 Å². The fourth-order valence-corrected chi connectivity index (χ4v) is 3.74. The Kier molecular flexibility index (Phi) is 3.58. The molecule has 1 N–H and O–H groups in total. The van der Waals surface area contributed by atoms with Gasteiger partial charge in [0, 0.05) is 18.6 Å². The minimum atomic E-state index is 0.0731. The quantitative estimate of drug-likeness (QED) is 0.865. The predicted molar refractivity (Wildman–Crippen MR) is 86.5 cm³/mol. The second-order valence-electron chi connectivity index (χ2n) is 6.18. The van der Waals surface area contributed by atoms with E-state index in [1.54, 1.807) is 7.11 Å². The van der Waals surface area contributed by atoms with Crippen LogP contribution in [0.25, 0.3) is 11.0 Å². The van der Waals surface area contributed by atoms with E-state index in [0.29, 0.717) is 12.6 Å². The summed E-state index contributed by atoms with van der Waals surface area (Å²) < 4.78 is 14.2. The summed E-state index contributed by atoms with van der Waals surface area (Å²) in [6, 6.07) is 6.44. The van der Waals surface area contributed by atoms with Gasteiger partial charge in [0.25, 0.3) is 0 Å². The fraction of sp³-hybridized carbons (Fsp3) is 0.562. The number of hydrogen-bond acceptors (Lipinski definition) is 3. The molecule has 1 heterocycles. The zero-order chi connectivity index (χ0) is 15.2. The van der Waals surface area contributed by atoms with Crippen molar-refractivity contribution in [3.63, 3.8) is 0 Å². The van der Waals surface area contributed by atoms with Crippen molar-refractivity contribution in [1.82, 2.24) is 9.55 Å². The molecule has 5 heteroatoms. The fourth-order valence-electron chi connectivity index (χ4n) is 3.41. The van der Waals surface area contributed by atoms with Crippen molar-refractivity contribution in [2.75, 3.05) is 13.7 Å². The van der Waals surface area contributed by atoms with Gasteiger partial charge in [-0.25, -0.2) is 0 Å². The number of hydrogen-bond donors (Lipinski definition) is 1. The molecule has 0 bridgehead atoms. The molecule has 0 saturated heterocycles. The number of ether oxygens (including phenoxy) is 2. The maximum atomic E-state index is 5.70. The third kappa shape index (κ3) is 2.10. The molecule has 1 aliphatic carbocycles. The lowest BCUT2D eigenvalue weighted by Gasteiger charge is -2.51. The van der Waals surface area contributed by atoms with E-state index < -0.39 is 0 Å². The molecule has 2 aromatic rings. The van der Waals surface area contributed by atoms with Crippen LogP contribution in [0.1, 0.15) is 33.2 Å².